The number of amides is 1. The van der Waals surface area contributed by atoms with Gasteiger partial charge in [0.25, 0.3) is 5.91 Å². The summed E-state index contributed by atoms with van der Waals surface area (Å²) in [6.07, 6.45) is 0.689. The number of benzene rings is 4. The molecule has 1 heterocycles. The van der Waals surface area contributed by atoms with Gasteiger partial charge in [0, 0.05) is 23.2 Å². The van der Waals surface area contributed by atoms with Gasteiger partial charge in [-0.25, -0.2) is 0 Å². The summed E-state index contributed by atoms with van der Waals surface area (Å²) in [5, 5.41) is 13.0. The van der Waals surface area contributed by atoms with Gasteiger partial charge in [-0.2, -0.15) is 5.10 Å². The van der Waals surface area contributed by atoms with Crippen LogP contribution in [0.4, 0.5) is 0 Å². The van der Waals surface area contributed by atoms with Crippen molar-refractivity contribution in [3.63, 3.8) is 0 Å². The Labute approximate surface area is 209 Å². The predicted octanol–water partition coefficient (Wildman–Crippen LogP) is 5.89. The third-order valence-corrected chi connectivity index (χ3v) is 6.25. The van der Waals surface area contributed by atoms with Gasteiger partial charge >= 0.3 is 0 Å². The number of fused-ring (bicyclic) bond motifs is 1. The standard InChI is InChI=1S/C30H27N3O3/c1-35-28-15-10-20(18-29(28)36-2)16-17-31-30(34)23-13-11-22(12-14-23)26-19-27(33-32-26)25-9-5-7-21-6-3-4-8-24(21)25/h3-15,18-19H,16-17H2,1-2H3,(H,31,34)(H,32,33). The molecule has 0 aliphatic rings. The SMILES string of the molecule is COc1ccc(CCNC(=O)c2ccc(-c3cc(-c4cccc5ccccc45)[nH]n3)cc2)cc1OC. The topological polar surface area (TPSA) is 76.2 Å². The molecule has 180 valence electrons. The van der Waals surface area contributed by atoms with Gasteiger partial charge in [0.1, 0.15) is 0 Å². The average molecular weight is 478 g/mol. The van der Waals surface area contributed by atoms with Crippen LogP contribution in [0.15, 0.2) is 91.0 Å². The van der Waals surface area contributed by atoms with Crippen molar-refractivity contribution in [2.45, 2.75) is 6.42 Å². The quantitative estimate of drug-likeness (QED) is 0.292. The van der Waals surface area contributed by atoms with Crippen LogP contribution in [0.2, 0.25) is 0 Å². The summed E-state index contributed by atoms with van der Waals surface area (Å²) in [4.78, 5) is 12.6. The molecule has 5 rings (SSSR count). The van der Waals surface area contributed by atoms with Gasteiger partial charge in [0.15, 0.2) is 11.5 Å². The molecule has 0 fully saturated rings. The lowest BCUT2D eigenvalue weighted by Crippen LogP contribution is -2.25. The first-order valence-electron chi connectivity index (χ1n) is 11.8. The number of carbonyl (C=O) groups is 1. The number of hydrogen-bond donors (Lipinski definition) is 2. The van der Waals surface area contributed by atoms with Crippen molar-refractivity contribution in [3.05, 3.63) is 102 Å². The summed E-state index contributed by atoms with van der Waals surface area (Å²) in [6, 6.07) is 29.9. The van der Waals surface area contributed by atoms with Crippen LogP contribution < -0.4 is 14.8 Å². The molecule has 2 N–H and O–H groups in total. The number of aromatic amines is 1. The Hall–Kier alpha value is -4.58. The fourth-order valence-electron chi connectivity index (χ4n) is 4.32. The number of aromatic nitrogens is 2. The molecule has 0 unspecified atom stereocenters. The smallest absolute Gasteiger partial charge is 0.251 e. The van der Waals surface area contributed by atoms with E-state index in [2.05, 4.69) is 45.8 Å². The number of methoxy groups -OCH3 is 2. The molecule has 0 radical (unpaired) electrons. The molecule has 0 aliphatic carbocycles. The van der Waals surface area contributed by atoms with Crippen LogP contribution in [-0.2, 0) is 6.42 Å². The molecule has 0 atom stereocenters. The highest BCUT2D eigenvalue weighted by Gasteiger charge is 2.11. The molecule has 6 heteroatoms. The summed E-state index contributed by atoms with van der Waals surface area (Å²) >= 11 is 0. The van der Waals surface area contributed by atoms with Crippen molar-refractivity contribution >= 4 is 16.7 Å². The number of rotatable bonds is 8. The number of hydrogen-bond acceptors (Lipinski definition) is 4. The minimum absolute atomic E-state index is 0.111. The maximum Gasteiger partial charge on any atom is 0.251 e. The Morgan fingerprint density at radius 2 is 1.64 bits per heavy atom. The third-order valence-electron chi connectivity index (χ3n) is 6.25. The third kappa shape index (κ3) is 4.79. The number of carbonyl (C=O) groups excluding carboxylic acids is 1. The minimum atomic E-state index is -0.111. The molecular formula is C30H27N3O3. The molecule has 36 heavy (non-hydrogen) atoms. The Morgan fingerprint density at radius 1 is 0.861 bits per heavy atom. The lowest BCUT2D eigenvalue weighted by Gasteiger charge is -2.10. The van der Waals surface area contributed by atoms with Crippen LogP contribution in [0, 0.1) is 0 Å². The molecule has 0 saturated carbocycles. The van der Waals surface area contributed by atoms with Gasteiger partial charge in [-0.05, 0) is 53.1 Å². The molecule has 0 aliphatic heterocycles. The van der Waals surface area contributed by atoms with Crippen molar-refractivity contribution in [2.75, 3.05) is 20.8 Å². The van der Waals surface area contributed by atoms with E-state index < -0.39 is 0 Å². The van der Waals surface area contributed by atoms with Crippen LogP contribution in [-0.4, -0.2) is 36.9 Å². The van der Waals surface area contributed by atoms with E-state index in [9.17, 15) is 4.79 Å². The highest BCUT2D eigenvalue weighted by molar-refractivity contribution is 5.96. The lowest BCUT2D eigenvalue weighted by atomic mass is 10.0. The van der Waals surface area contributed by atoms with Crippen LogP contribution in [0.5, 0.6) is 11.5 Å². The van der Waals surface area contributed by atoms with Crippen molar-refractivity contribution in [1.29, 1.82) is 0 Å². The normalized spacial score (nSPS) is 10.8. The van der Waals surface area contributed by atoms with Crippen LogP contribution >= 0.6 is 0 Å². The Morgan fingerprint density at radius 3 is 2.44 bits per heavy atom. The summed E-state index contributed by atoms with van der Waals surface area (Å²) in [5.41, 5.74) is 5.51. The van der Waals surface area contributed by atoms with E-state index >= 15 is 0 Å². The first kappa shape index (κ1) is 23.2. The van der Waals surface area contributed by atoms with Crippen molar-refractivity contribution in [1.82, 2.24) is 15.5 Å². The minimum Gasteiger partial charge on any atom is -0.493 e. The first-order valence-corrected chi connectivity index (χ1v) is 11.8. The fraction of sp³-hybridized carbons (Fsp3) is 0.133. The van der Waals surface area contributed by atoms with E-state index in [1.807, 2.05) is 60.7 Å². The van der Waals surface area contributed by atoms with Gasteiger partial charge in [-0.15, -0.1) is 0 Å². The lowest BCUT2D eigenvalue weighted by molar-refractivity contribution is 0.0954. The highest BCUT2D eigenvalue weighted by Crippen LogP contribution is 2.30. The van der Waals surface area contributed by atoms with Crippen molar-refractivity contribution in [2.24, 2.45) is 0 Å². The Bertz CT molecular complexity index is 1500. The monoisotopic (exact) mass is 477 g/mol. The van der Waals surface area contributed by atoms with Gasteiger partial charge < -0.3 is 14.8 Å². The summed E-state index contributed by atoms with van der Waals surface area (Å²) < 4.78 is 10.6. The first-order chi connectivity index (χ1) is 17.7. The average Bonchev–Trinajstić information content (AvgIpc) is 3.43. The second-order valence-corrected chi connectivity index (χ2v) is 8.47. The number of H-pyrrole nitrogens is 1. The zero-order chi connectivity index (χ0) is 24.9. The Kier molecular flexibility index (Phi) is 6.67. The van der Waals surface area contributed by atoms with Crippen LogP contribution in [0.25, 0.3) is 33.3 Å². The maximum absolute atomic E-state index is 12.6. The summed E-state index contributed by atoms with van der Waals surface area (Å²) in [6.45, 7) is 0.518. The van der Waals surface area contributed by atoms with E-state index in [4.69, 9.17) is 9.47 Å². The molecular weight excluding hydrogens is 450 g/mol. The molecule has 6 nitrogen and oxygen atoms in total. The van der Waals surface area contributed by atoms with E-state index in [0.717, 1.165) is 28.1 Å². The van der Waals surface area contributed by atoms with Gasteiger partial charge in [0.05, 0.1) is 25.6 Å². The molecule has 0 spiro atoms. The molecule has 5 aromatic rings. The molecule has 1 amide bonds. The molecule has 4 aromatic carbocycles. The van der Waals surface area contributed by atoms with E-state index in [-0.39, 0.29) is 5.91 Å². The second kappa shape index (κ2) is 10.4. The summed E-state index contributed by atoms with van der Waals surface area (Å²) in [5.74, 6) is 1.26. The highest BCUT2D eigenvalue weighted by atomic mass is 16.5. The van der Waals surface area contributed by atoms with Gasteiger partial charge in [0.2, 0.25) is 0 Å². The number of nitrogens with zero attached hydrogens (tertiary/aromatic N) is 1. The number of nitrogens with one attached hydrogen (secondary N) is 2. The Balaban J connectivity index is 1.23. The molecule has 0 saturated heterocycles. The molecule has 0 bridgehead atoms. The second-order valence-electron chi connectivity index (χ2n) is 8.47. The van der Waals surface area contributed by atoms with Crippen LogP contribution in [0.1, 0.15) is 15.9 Å². The van der Waals surface area contributed by atoms with Gasteiger partial charge in [-0.1, -0.05) is 60.7 Å². The largest absolute Gasteiger partial charge is 0.493 e. The number of ether oxygens (including phenoxy) is 2. The van der Waals surface area contributed by atoms with Crippen molar-refractivity contribution < 1.29 is 14.3 Å². The fourth-order valence-corrected chi connectivity index (χ4v) is 4.32. The van der Waals surface area contributed by atoms with E-state index in [0.29, 0.717) is 30.0 Å². The maximum atomic E-state index is 12.6. The zero-order valence-corrected chi connectivity index (χ0v) is 20.2. The van der Waals surface area contributed by atoms with E-state index in [1.54, 1.807) is 14.2 Å². The van der Waals surface area contributed by atoms with E-state index in [1.165, 1.54) is 10.8 Å². The van der Waals surface area contributed by atoms with Gasteiger partial charge in [-0.3, -0.25) is 9.89 Å². The molecule has 1 aromatic heterocycles. The zero-order valence-electron chi connectivity index (χ0n) is 20.2. The van der Waals surface area contributed by atoms with Crippen molar-refractivity contribution in [3.8, 4) is 34.0 Å². The van der Waals surface area contributed by atoms with Crippen LogP contribution in [0.3, 0.4) is 0 Å². The predicted molar refractivity (Wildman–Crippen MR) is 143 cm³/mol. The summed E-state index contributed by atoms with van der Waals surface area (Å²) in [7, 11) is 3.22.